The van der Waals surface area contributed by atoms with Crippen LogP contribution in [0.1, 0.15) is 16.2 Å². The highest BCUT2D eigenvalue weighted by molar-refractivity contribution is 5.89. The first-order chi connectivity index (χ1) is 8.16. The number of benzene rings is 1. The van der Waals surface area contributed by atoms with Crippen molar-refractivity contribution >= 4 is 5.91 Å². The van der Waals surface area contributed by atoms with Crippen molar-refractivity contribution in [2.45, 2.75) is 6.54 Å². The highest BCUT2D eigenvalue weighted by Gasteiger charge is 2.16. The lowest BCUT2D eigenvalue weighted by atomic mass is 10.2. The predicted octanol–water partition coefficient (Wildman–Crippen LogP) is 0.611. The van der Waals surface area contributed by atoms with E-state index in [2.05, 4.69) is 20.6 Å². The summed E-state index contributed by atoms with van der Waals surface area (Å²) < 4.78 is 12.9. The maximum Gasteiger partial charge on any atom is 0.295 e. The molecular weight excluding hydrogens is 225 g/mol. The van der Waals surface area contributed by atoms with Gasteiger partial charge in [0.1, 0.15) is 5.82 Å². The Morgan fingerprint density at radius 1 is 1.53 bits per heavy atom. The van der Waals surface area contributed by atoms with Gasteiger partial charge in [-0.05, 0) is 22.9 Å². The summed E-state index contributed by atoms with van der Waals surface area (Å²) in [6.07, 6.45) is 0. The number of aromatic amines is 1. The number of halogens is 1. The third-order valence-corrected chi connectivity index (χ3v) is 2.19. The molecule has 17 heavy (non-hydrogen) atoms. The van der Waals surface area contributed by atoms with Crippen LogP contribution in [0, 0.1) is 5.82 Å². The molecular formula is C10H10FN5O. The normalized spacial score (nSPS) is 10.2. The first kappa shape index (κ1) is 11.2. The molecule has 1 aromatic carbocycles. The van der Waals surface area contributed by atoms with Crippen LogP contribution in [0.4, 0.5) is 4.39 Å². The van der Waals surface area contributed by atoms with E-state index in [1.165, 1.54) is 17.0 Å². The zero-order valence-electron chi connectivity index (χ0n) is 9.09. The second-order valence-electron chi connectivity index (χ2n) is 3.53. The van der Waals surface area contributed by atoms with Crippen LogP contribution in [-0.2, 0) is 6.54 Å². The molecule has 88 valence electrons. The van der Waals surface area contributed by atoms with Crippen molar-refractivity contribution < 1.29 is 9.18 Å². The molecule has 0 radical (unpaired) electrons. The van der Waals surface area contributed by atoms with Crippen LogP contribution in [0.25, 0.3) is 0 Å². The molecule has 0 unspecified atom stereocenters. The van der Waals surface area contributed by atoms with E-state index in [0.717, 1.165) is 0 Å². The van der Waals surface area contributed by atoms with Crippen molar-refractivity contribution in [3.8, 4) is 0 Å². The number of amides is 1. The molecule has 1 heterocycles. The van der Waals surface area contributed by atoms with Gasteiger partial charge < -0.3 is 4.90 Å². The SMILES string of the molecule is CN(Cc1cccc(F)c1)C(=O)c1nn[nH]n1. The minimum atomic E-state index is -0.372. The van der Waals surface area contributed by atoms with E-state index in [-0.39, 0.29) is 24.1 Å². The van der Waals surface area contributed by atoms with Crippen molar-refractivity contribution in [2.24, 2.45) is 0 Å². The van der Waals surface area contributed by atoms with Crippen LogP contribution in [0.3, 0.4) is 0 Å². The number of nitrogens with one attached hydrogen (secondary N) is 1. The second kappa shape index (κ2) is 4.69. The summed E-state index contributed by atoms with van der Waals surface area (Å²) in [7, 11) is 1.59. The molecule has 6 nitrogen and oxygen atoms in total. The van der Waals surface area contributed by atoms with Gasteiger partial charge in [-0.3, -0.25) is 4.79 Å². The van der Waals surface area contributed by atoms with Crippen LogP contribution in [0.2, 0.25) is 0 Å². The van der Waals surface area contributed by atoms with E-state index in [0.29, 0.717) is 5.56 Å². The van der Waals surface area contributed by atoms with Gasteiger partial charge in [-0.25, -0.2) is 4.39 Å². The van der Waals surface area contributed by atoms with Crippen molar-refractivity contribution in [1.29, 1.82) is 0 Å². The summed E-state index contributed by atoms with van der Waals surface area (Å²) in [5.74, 6) is -0.713. The van der Waals surface area contributed by atoms with Crippen molar-refractivity contribution in [2.75, 3.05) is 7.05 Å². The molecule has 0 aliphatic rings. The Morgan fingerprint density at radius 3 is 3.00 bits per heavy atom. The van der Waals surface area contributed by atoms with E-state index in [1.54, 1.807) is 19.2 Å². The molecule has 0 aliphatic heterocycles. The van der Waals surface area contributed by atoms with Gasteiger partial charge in [0.15, 0.2) is 0 Å². The van der Waals surface area contributed by atoms with Gasteiger partial charge in [0.25, 0.3) is 11.7 Å². The molecule has 2 aromatic rings. The van der Waals surface area contributed by atoms with Crippen molar-refractivity contribution in [3.05, 3.63) is 41.5 Å². The molecule has 0 bridgehead atoms. The molecule has 7 heteroatoms. The highest BCUT2D eigenvalue weighted by Crippen LogP contribution is 2.07. The Bertz CT molecular complexity index is 513. The highest BCUT2D eigenvalue weighted by atomic mass is 19.1. The fraction of sp³-hybridized carbons (Fsp3) is 0.200. The van der Waals surface area contributed by atoms with Gasteiger partial charge >= 0.3 is 0 Å². The number of carbonyl (C=O) groups is 1. The van der Waals surface area contributed by atoms with Crippen LogP contribution < -0.4 is 0 Å². The van der Waals surface area contributed by atoms with E-state index in [4.69, 9.17) is 0 Å². The summed E-state index contributed by atoms with van der Waals surface area (Å²) in [6.45, 7) is 0.283. The molecule has 0 saturated heterocycles. The zero-order valence-corrected chi connectivity index (χ0v) is 9.09. The number of carbonyl (C=O) groups excluding carboxylic acids is 1. The minimum absolute atomic E-state index is 0.0103. The first-order valence-corrected chi connectivity index (χ1v) is 4.90. The van der Waals surface area contributed by atoms with Crippen LogP contribution in [0.5, 0.6) is 0 Å². The lowest BCUT2D eigenvalue weighted by Gasteiger charge is -2.14. The lowest BCUT2D eigenvalue weighted by molar-refractivity contribution is 0.0773. The molecule has 1 amide bonds. The average molecular weight is 235 g/mol. The van der Waals surface area contributed by atoms with E-state index in [1.807, 2.05) is 0 Å². The Hall–Kier alpha value is -2.31. The maximum absolute atomic E-state index is 12.9. The summed E-state index contributed by atoms with van der Waals surface area (Å²) in [5.41, 5.74) is 0.698. The van der Waals surface area contributed by atoms with Gasteiger partial charge in [-0.1, -0.05) is 12.1 Å². The van der Waals surface area contributed by atoms with Gasteiger partial charge in [0.2, 0.25) is 0 Å². The third kappa shape index (κ3) is 2.63. The van der Waals surface area contributed by atoms with Crippen LogP contribution in [0.15, 0.2) is 24.3 Å². The van der Waals surface area contributed by atoms with Crippen molar-refractivity contribution in [3.63, 3.8) is 0 Å². The Labute approximate surface area is 96.4 Å². The summed E-state index contributed by atoms with van der Waals surface area (Å²) in [5, 5.41) is 12.7. The monoisotopic (exact) mass is 235 g/mol. The number of aromatic nitrogens is 4. The summed E-state index contributed by atoms with van der Waals surface area (Å²) >= 11 is 0. The molecule has 1 aromatic heterocycles. The standard InChI is InChI=1S/C10H10FN5O/c1-16(10(17)9-12-14-15-13-9)6-7-3-2-4-8(11)5-7/h2-5H,6H2,1H3,(H,12,13,14,15). The average Bonchev–Trinajstić information content (AvgIpc) is 2.81. The topological polar surface area (TPSA) is 74.8 Å². The Morgan fingerprint density at radius 2 is 2.35 bits per heavy atom. The Kier molecular flexibility index (Phi) is 3.08. The van der Waals surface area contributed by atoms with Crippen molar-refractivity contribution in [1.82, 2.24) is 25.5 Å². The molecule has 0 aliphatic carbocycles. The molecule has 0 fully saturated rings. The number of tetrazole rings is 1. The molecule has 0 atom stereocenters. The van der Waals surface area contributed by atoms with Crippen LogP contribution in [-0.4, -0.2) is 38.5 Å². The van der Waals surface area contributed by atoms with Gasteiger partial charge in [-0.15, -0.1) is 10.2 Å². The number of hydrogen-bond acceptors (Lipinski definition) is 4. The van der Waals surface area contributed by atoms with E-state index < -0.39 is 0 Å². The number of hydrogen-bond donors (Lipinski definition) is 1. The Balaban J connectivity index is 2.07. The van der Waals surface area contributed by atoms with E-state index in [9.17, 15) is 9.18 Å². The maximum atomic E-state index is 12.9. The predicted molar refractivity (Wildman–Crippen MR) is 56.4 cm³/mol. The summed E-state index contributed by atoms with van der Waals surface area (Å²) in [6, 6.07) is 6.06. The quantitative estimate of drug-likeness (QED) is 0.845. The fourth-order valence-electron chi connectivity index (χ4n) is 1.40. The fourth-order valence-corrected chi connectivity index (χ4v) is 1.40. The lowest BCUT2D eigenvalue weighted by Crippen LogP contribution is -2.27. The van der Waals surface area contributed by atoms with Crippen LogP contribution >= 0.6 is 0 Å². The molecule has 2 rings (SSSR count). The van der Waals surface area contributed by atoms with Gasteiger partial charge in [0, 0.05) is 13.6 Å². The smallest absolute Gasteiger partial charge is 0.295 e. The number of rotatable bonds is 3. The van der Waals surface area contributed by atoms with Gasteiger partial charge in [-0.2, -0.15) is 5.21 Å². The summed E-state index contributed by atoms with van der Waals surface area (Å²) in [4.78, 5) is 13.1. The van der Waals surface area contributed by atoms with E-state index >= 15 is 0 Å². The number of H-pyrrole nitrogens is 1. The molecule has 0 saturated carbocycles. The first-order valence-electron chi connectivity index (χ1n) is 4.90. The van der Waals surface area contributed by atoms with Gasteiger partial charge in [0.05, 0.1) is 0 Å². The number of nitrogens with zero attached hydrogens (tertiary/aromatic N) is 4. The second-order valence-corrected chi connectivity index (χ2v) is 3.53. The molecule has 1 N–H and O–H groups in total. The third-order valence-electron chi connectivity index (χ3n) is 2.19. The molecule has 0 spiro atoms. The zero-order chi connectivity index (χ0) is 12.3. The largest absolute Gasteiger partial charge is 0.335 e. The minimum Gasteiger partial charge on any atom is -0.335 e.